The summed E-state index contributed by atoms with van der Waals surface area (Å²) in [7, 11) is 0. The van der Waals surface area contributed by atoms with E-state index in [0.29, 0.717) is 18.3 Å². The summed E-state index contributed by atoms with van der Waals surface area (Å²) in [6, 6.07) is 7.94. The number of aliphatic carboxylic acids is 1. The molecule has 1 aliphatic heterocycles. The number of nitrogens with two attached hydrogens (primary N) is 1. The van der Waals surface area contributed by atoms with Crippen LogP contribution < -0.4 is 10.6 Å². The van der Waals surface area contributed by atoms with Gasteiger partial charge in [0.1, 0.15) is 5.82 Å². The molecule has 0 amide bonds. The van der Waals surface area contributed by atoms with Gasteiger partial charge in [-0.15, -0.1) is 0 Å². The molecule has 6 rings (SSSR count). The van der Waals surface area contributed by atoms with Crippen LogP contribution in [0.1, 0.15) is 37.1 Å². The molecule has 5 heterocycles. The van der Waals surface area contributed by atoms with Gasteiger partial charge in [-0.1, -0.05) is 17.6 Å². The number of nitrogen functional groups attached to an aromatic ring is 1. The third kappa shape index (κ3) is 5.02. The van der Waals surface area contributed by atoms with Gasteiger partial charge in [-0.25, -0.2) is 15.0 Å². The lowest BCUT2D eigenvalue weighted by atomic mass is 9.64. The zero-order valence-electron chi connectivity index (χ0n) is 21.4. The number of piperazine rings is 1. The van der Waals surface area contributed by atoms with Crippen molar-refractivity contribution >= 4 is 17.7 Å². The molecule has 4 aromatic rings. The molecule has 1 aliphatic carbocycles. The van der Waals surface area contributed by atoms with E-state index in [4.69, 9.17) is 20.3 Å². The molecular formula is C27H29N9O3. The molecule has 2 fully saturated rings. The van der Waals surface area contributed by atoms with Crippen LogP contribution in [0.15, 0.2) is 53.6 Å². The Morgan fingerprint density at radius 1 is 0.949 bits per heavy atom. The van der Waals surface area contributed by atoms with Gasteiger partial charge in [0.25, 0.3) is 5.89 Å². The number of carbonyl (C=O) groups is 1. The van der Waals surface area contributed by atoms with Crippen molar-refractivity contribution in [3.05, 3.63) is 60.4 Å². The van der Waals surface area contributed by atoms with Crippen molar-refractivity contribution in [3.8, 4) is 22.7 Å². The van der Waals surface area contributed by atoms with E-state index >= 15 is 0 Å². The molecule has 1 saturated carbocycles. The van der Waals surface area contributed by atoms with Crippen LogP contribution in [0.2, 0.25) is 0 Å². The van der Waals surface area contributed by atoms with Crippen molar-refractivity contribution in [2.45, 2.75) is 31.1 Å². The minimum absolute atomic E-state index is 0.168. The summed E-state index contributed by atoms with van der Waals surface area (Å²) in [5, 5.41) is 13.3. The van der Waals surface area contributed by atoms with Crippen LogP contribution in [0.25, 0.3) is 22.7 Å². The SMILES string of the molecule is Nc1ncc(-c2ccc(C3(c4noc(-c5ccc(N6CCN(CCC(=O)O)CC6)nc5)n4)CCC3)cn2)cn1. The summed E-state index contributed by atoms with van der Waals surface area (Å²) in [4.78, 5) is 37.4. The molecule has 0 spiro atoms. The Hall–Kier alpha value is -4.45. The Morgan fingerprint density at radius 3 is 2.33 bits per heavy atom. The first-order valence-electron chi connectivity index (χ1n) is 13.0. The predicted octanol–water partition coefficient (Wildman–Crippen LogP) is 2.63. The summed E-state index contributed by atoms with van der Waals surface area (Å²) in [6.07, 6.45) is 10.1. The average molecular weight is 528 g/mol. The van der Waals surface area contributed by atoms with Gasteiger partial charge in [0.2, 0.25) is 5.95 Å². The number of rotatable bonds is 8. The van der Waals surface area contributed by atoms with Crippen LogP contribution >= 0.6 is 0 Å². The van der Waals surface area contributed by atoms with Crippen molar-refractivity contribution in [1.29, 1.82) is 0 Å². The first-order valence-corrected chi connectivity index (χ1v) is 13.0. The first kappa shape index (κ1) is 24.9. The summed E-state index contributed by atoms with van der Waals surface area (Å²) >= 11 is 0. The Bertz CT molecular complexity index is 1430. The fourth-order valence-electron chi connectivity index (χ4n) is 5.18. The van der Waals surface area contributed by atoms with E-state index in [1.165, 1.54) is 0 Å². The van der Waals surface area contributed by atoms with E-state index in [9.17, 15) is 4.79 Å². The van der Waals surface area contributed by atoms with Gasteiger partial charge in [0.15, 0.2) is 5.82 Å². The summed E-state index contributed by atoms with van der Waals surface area (Å²) in [6.45, 7) is 3.81. The molecular weight excluding hydrogens is 498 g/mol. The lowest BCUT2D eigenvalue weighted by Gasteiger charge is -2.39. The zero-order valence-corrected chi connectivity index (χ0v) is 21.4. The number of hydrogen-bond acceptors (Lipinski definition) is 11. The van der Waals surface area contributed by atoms with Crippen molar-refractivity contribution in [2.75, 3.05) is 43.4 Å². The van der Waals surface area contributed by atoms with Crippen molar-refractivity contribution < 1.29 is 14.4 Å². The van der Waals surface area contributed by atoms with E-state index in [0.717, 1.165) is 73.6 Å². The largest absolute Gasteiger partial charge is 0.481 e. The van der Waals surface area contributed by atoms with E-state index in [1.807, 2.05) is 24.4 Å². The second kappa shape index (κ2) is 10.4. The molecule has 39 heavy (non-hydrogen) atoms. The molecule has 0 unspecified atom stereocenters. The van der Waals surface area contributed by atoms with Crippen LogP contribution in [-0.4, -0.2) is 78.8 Å². The van der Waals surface area contributed by atoms with E-state index in [2.05, 4.69) is 41.0 Å². The molecule has 12 heteroatoms. The first-order chi connectivity index (χ1) is 19.0. The molecule has 0 radical (unpaired) electrons. The highest BCUT2D eigenvalue weighted by atomic mass is 16.5. The summed E-state index contributed by atoms with van der Waals surface area (Å²) < 4.78 is 5.69. The highest BCUT2D eigenvalue weighted by molar-refractivity contribution is 5.66. The fraction of sp³-hybridized carbons (Fsp3) is 0.370. The second-order valence-corrected chi connectivity index (χ2v) is 10.00. The van der Waals surface area contributed by atoms with E-state index in [-0.39, 0.29) is 17.8 Å². The van der Waals surface area contributed by atoms with E-state index < -0.39 is 5.97 Å². The van der Waals surface area contributed by atoms with Crippen molar-refractivity contribution in [3.63, 3.8) is 0 Å². The number of carboxylic acid groups (broad SMARTS) is 1. The van der Waals surface area contributed by atoms with Crippen LogP contribution in [0.5, 0.6) is 0 Å². The Balaban J connectivity index is 1.14. The maximum Gasteiger partial charge on any atom is 0.304 e. The minimum atomic E-state index is -0.762. The molecule has 3 N–H and O–H groups in total. The second-order valence-electron chi connectivity index (χ2n) is 10.00. The molecule has 12 nitrogen and oxygen atoms in total. The monoisotopic (exact) mass is 527 g/mol. The quantitative estimate of drug-likeness (QED) is 0.345. The van der Waals surface area contributed by atoms with Crippen molar-refractivity contribution in [1.82, 2.24) is 35.0 Å². The van der Waals surface area contributed by atoms with Gasteiger partial charge >= 0.3 is 5.97 Å². The summed E-state index contributed by atoms with van der Waals surface area (Å²) in [5.74, 6) is 1.45. The molecule has 2 aliphatic rings. The molecule has 200 valence electrons. The van der Waals surface area contributed by atoms with Gasteiger partial charge in [-0.2, -0.15) is 4.98 Å². The molecule has 1 saturated heterocycles. The number of nitrogens with zero attached hydrogens (tertiary/aromatic N) is 8. The van der Waals surface area contributed by atoms with Gasteiger partial charge < -0.3 is 20.3 Å². The van der Waals surface area contributed by atoms with Crippen molar-refractivity contribution in [2.24, 2.45) is 0 Å². The standard InChI is InChI=1S/C27H29N9O3/c28-26-31-15-19(16-32-26)21-4-3-20(17-29-21)27(7-1-8-27)25-33-24(39-34-25)18-2-5-22(30-14-18)36-12-10-35(11-13-36)9-6-23(37)38/h2-5,14-17H,1,6-13H2,(H,37,38)(H2,28,31,32). The third-order valence-electron chi connectivity index (χ3n) is 7.68. The predicted molar refractivity (Wildman–Crippen MR) is 143 cm³/mol. The van der Waals surface area contributed by atoms with Crippen LogP contribution in [0.4, 0.5) is 11.8 Å². The number of hydrogen-bond donors (Lipinski definition) is 2. The van der Waals surface area contributed by atoms with Gasteiger partial charge in [0.05, 0.1) is 23.1 Å². The fourth-order valence-corrected chi connectivity index (χ4v) is 5.18. The Kier molecular flexibility index (Phi) is 6.61. The smallest absolute Gasteiger partial charge is 0.304 e. The van der Waals surface area contributed by atoms with Gasteiger partial charge in [-0.3, -0.25) is 14.7 Å². The maximum atomic E-state index is 10.8. The summed E-state index contributed by atoms with van der Waals surface area (Å²) in [5.41, 5.74) is 8.67. The minimum Gasteiger partial charge on any atom is -0.481 e. The van der Waals surface area contributed by atoms with Crippen LogP contribution in [0, 0.1) is 0 Å². The topological polar surface area (TPSA) is 160 Å². The van der Waals surface area contributed by atoms with Gasteiger partial charge in [-0.05, 0) is 36.6 Å². The number of pyridine rings is 2. The normalized spacial score (nSPS) is 17.1. The Morgan fingerprint density at radius 2 is 1.72 bits per heavy atom. The third-order valence-corrected chi connectivity index (χ3v) is 7.68. The van der Waals surface area contributed by atoms with Crippen LogP contribution in [-0.2, 0) is 10.2 Å². The zero-order chi connectivity index (χ0) is 26.8. The lowest BCUT2D eigenvalue weighted by molar-refractivity contribution is -0.137. The lowest BCUT2D eigenvalue weighted by Crippen LogP contribution is -2.47. The molecule has 0 aromatic carbocycles. The maximum absolute atomic E-state index is 10.8. The van der Waals surface area contributed by atoms with Crippen LogP contribution in [0.3, 0.4) is 0 Å². The van der Waals surface area contributed by atoms with Gasteiger partial charge in [0, 0.05) is 63.1 Å². The van der Waals surface area contributed by atoms with E-state index in [1.54, 1.807) is 18.6 Å². The molecule has 4 aromatic heterocycles. The number of anilines is 2. The Labute approximate surface area is 224 Å². The number of aromatic nitrogens is 6. The molecule has 0 bridgehead atoms. The number of carboxylic acids is 1. The highest BCUT2D eigenvalue weighted by Crippen LogP contribution is 2.48. The molecule has 0 atom stereocenters. The highest BCUT2D eigenvalue weighted by Gasteiger charge is 2.45. The average Bonchev–Trinajstić information content (AvgIpc) is 3.43.